The lowest BCUT2D eigenvalue weighted by Crippen LogP contribution is -2.33. The van der Waals surface area contributed by atoms with E-state index < -0.39 is 6.10 Å². The molecule has 0 saturated carbocycles. The number of nitrogens with zero attached hydrogens (tertiary/aromatic N) is 1. The fourth-order valence-corrected chi connectivity index (χ4v) is 2.63. The Morgan fingerprint density at radius 1 is 1.30 bits per heavy atom. The zero-order valence-corrected chi connectivity index (χ0v) is 14.1. The van der Waals surface area contributed by atoms with E-state index in [1.807, 2.05) is 52.0 Å². The number of hydrogen-bond donors (Lipinski definition) is 2. The number of aryl methyl sites for hydroxylation is 3. The Hall–Kier alpha value is -2.14. The van der Waals surface area contributed by atoms with Crippen molar-refractivity contribution in [3.8, 4) is 0 Å². The number of carbonyl (C=O) groups excluding carboxylic acids is 1. The van der Waals surface area contributed by atoms with Gasteiger partial charge in [0.15, 0.2) is 0 Å². The molecule has 23 heavy (non-hydrogen) atoms. The number of aliphatic hydroxyl groups is 1. The first-order valence-electron chi connectivity index (χ1n) is 7.83. The Labute approximate surface area is 136 Å². The summed E-state index contributed by atoms with van der Waals surface area (Å²) in [4.78, 5) is 12.2. The van der Waals surface area contributed by atoms with E-state index in [0.29, 0.717) is 6.42 Å². The highest BCUT2D eigenvalue weighted by Crippen LogP contribution is 2.18. The third-order valence-electron chi connectivity index (χ3n) is 4.16. The molecule has 0 saturated heterocycles. The van der Waals surface area contributed by atoms with E-state index in [1.165, 1.54) is 0 Å². The van der Waals surface area contributed by atoms with E-state index in [4.69, 9.17) is 4.52 Å². The van der Waals surface area contributed by atoms with E-state index in [1.54, 1.807) is 0 Å². The second-order valence-electron chi connectivity index (χ2n) is 6.03. The molecule has 0 bridgehead atoms. The average Bonchev–Trinajstić information content (AvgIpc) is 2.84. The van der Waals surface area contributed by atoms with Gasteiger partial charge in [0.1, 0.15) is 5.76 Å². The van der Waals surface area contributed by atoms with Gasteiger partial charge in [0.2, 0.25) is 5.91 Å². The Morgan fingerprint density at radius 2 is 2.00 bits per heavy atom. The zero-order valence-electron chi connectivity index (χ0n) is 14.1. The summed E-state index contributed by atoms with van der Waals surface area (Å²) in [5.41, 5.74) is 3.65. The molecule has 2 unspecified atom stereocenters. The summed E-state index contributed by atoms with van der Waals surface area (Å²) in [7, 11) is 0. The van der Waals surface area contributed by atoms with E-state index in [0.717, 1.165) is 28.1 Å². The normalized spacial score (nSPS) is 13.6. The number of amides is 1. The molecule has 2 N–H and O–H groups in total. The molecule has 1 aromatic carbocycles. The monoisotopic (exact) mass is 316 g/mol. The van der Waals surface area contributed by atoms with Crippen LogP contribution in [0.15, 0.2) is 28.8 Å². The van der Waals surface area contributed by atoms with Crippen LogP contribution in [0.1, 0.15) is 41.2 Å². The minimum atomic E-state index is -0.702. The highest BCUT2D eigenvalue weighted by atomic mass is 16.5. The first kappa shape index (κ1) is 17.2. The standard InChI is InChI=1S/C18H24N2O3/c1-11-7-5-6-8-15(11)17(21)10-19-18(22)12(2)9-16-13(3)20-23-14(16)4/h5-8,12,17,21H,9-10H2,1-4H3,(H,19,22). The number of benzene rings is 1. The summed E-state index contributed by atoms with van der Waals surface area (Å²) in [6.45, 7) is 7.73. The van der Waals surface area contributed by atoms with Gasteiger partial charge < -0.3 is 14.9 Å². The van der Waals surface area contributed by atoms with Crippen molar-refractivity contribution in [1.82, 2.24) is 10.5 Å². The second-order valence-corrected chi connectivity index (χ2v) is 6.03. The maximum absolute atomic E-state index is 12.2. The van der Waals surface area contributed by atoms with Crippen LogP contribution in [-0.4, -0.2) is 22.7 Å². The molecule has 0 aliphatic carbocycles. The Kier molecular flexibility index (Phi) is 5.55. The summed E-state index contributed by atoms with van der Waals surface area (Å²) in [5, 5.41) is 17.0. The van der Waals surface area contributed by atoms with E-state index >= 15 is 0 Å². The van der Waals surface area contributed by atoms with Crippen molar-refractivity contribution in [2.75, 3.05) is 6.54 Å². The highest BCUT2D eigenvalue weighted by Gasteiger charge is 2.19. The number of hydrogen-bond acceptors (Lipinski definition) is 4. The third-order valence-corrected chi connectivity index (χ3v) is 4.16. The zero-order chi connectivity index (χ0) is 17.0. The van der Waals surface area contributed by atoms with Crippen LogP contribution in [0.4, 0.5) is 0 Å². The van der Waals surface area contributed by atoms with Crippen LogP contribution in [0.25, 0.3) is 0 Å². The highest BCUT2D eigenvalue weighted by molar-refractivity contribution is 5.78. The van der Waals surface area contributed by atoms with Crippen LogP contribution in [0.3, 0.4) is 0 Å². The van der Waals surface area contributed by atoms with Gasteiger partial charge in [0, 0.05) is 18.0 Å². The Balaban J connectivity index is 1.90. The van der Waals surface area contributed by atoms with Crippen LogP contribution >= 0.6 is 0 Å². The third kappa shape index (κ3) is 4.20. The van der Waals surface area contributed by atoms with Crippen molar-refractivity contribution in [3.05, 3.63) is 52.4 Å². The number of aromatic nitrogens is 1. The second kappa shape index (κ2) is 7.42. The lowest BCUT2D eigenvalue weighted by atomic mass is 9.98. The summed E-state index contributed by atoms with van der Waals surface area (Å²) in [5.74, 6) is 0.454. The summed E-state index contributed by atoms with van der Waals surface area (Å²) < 4.78 is 5.12. The van der Waals surface area contributed by atoms with Gasteiger partial charge in [0.25, 0.3) is 0 Å². The minimum absolute atomic E-state index is 0.0855. The molecule has 1 heterocycles. The fourth-order valence-electron chi connectivity index (χ4n) is 2.63. The predicted octanol–water partition coefficient (Wildman–Crippen LogP) is 2.63. The molecule has 124 valence electrons. The molecule has 1 aromatic heterocycles. The molecule has 0 aliphatic rings. The lowest BCUT2D eigenvalue weighted by Gasteiger charge is -2.17. The van der Waals surface area contributed by atoms with Gasteiger partial charge in [-0.1, -0.05) is 36.3 Å². The molecule has 5 heteroatoms. The number of carbonyl (C=O) groups is 1. The average molecular weight is 316 g/mol. The van der Waals surface area contributed by atoms with Crippen LogP contribution in [0.5, 0.6) is 0 Å². The smallest absolute Gasteiger partial charge is 0.223 e. The van der Waals surface area contributed by atoms with Gasteiger partial charge in [0.05, 0.1) is 11.8 Å². The van der Waals surface area contributed by atoms with Gasteiger partial charge in [-0.3, -0.25) is 4.79 Å². The largest absolute Gasteiger partial charge is 0.387 e. The molecule has 2 rings (SSSR count). The van der Waals surface area contributed by atoms with Crippen molar-refractivity contribution in [3.63, 3.8) is 0 Å². The first-order chi connectivity index (χ1) is 10.9. The molecule has 2 aromatic rings. The van der Waals surface area contributed by atoms with Gasteiger partial charge >= 0.3 is 0 Å². The van der Waals surface area contributed by atoms with Crippen molar-refractivity contribution in [1.29, 1.82) is 0 Å². The minimum Gasteiger partial charge on any atom is -0.387 e. The van der Waals surface area contributed by atoms with Crippen LogP contribution < -0.4 is 5.32 Å². The molecule has 2 atom stereocenters. The molecule has 1 amide bonds. The number of aliphatic hydroxyl groups excluding tert-OH is 1. The SMILES string of the molecule is Cc1ccccc1C(O)CNC(=O)C(C)Cc1c(C)noc1C. The number of rotatable bonds is 6. The lowest BCUT2D eigenvalue weighted by molar-refractivity contribution is -0.124. The van der Waals surface area contributed by atoms with Gasteiger partial charge in [-0.25, -0.2) is 0 Å². The molecular formula is C18H24N2O3. The summed E-state index contributed by atoms with van der Waals surface area (Å²) >= 11 is 0. The Morgan fingerprint density at radius 3 is 2.61 bits per heavy atom. The van der Waals surface area contributed by atoms with Crippen molar-refractivity contribution in [2.24, 2.45) is 5.92 Å². The molecule has 0 fully saturated rings. The molecule has 5 nitrogen and oxygen atoms in total. The van der Waals surface area contributed by atoms with E-state index in [-0.39, 0.29) is 18.4 Å². The first-order valence-corrected chi connectivity index (χ1v) is 7.83. The molecule has 0 spiro atoms. The van der Waals surface area contributed by atoms with Crippen molar-refractivity contribution < 1.29 is 14.4 Å². The fraction of sp³-hybridized carbons (Fsp3) is 0.444. The van der Waals surface area contributed by atoms with Crippen LogP contribution in [0, 0.1) is 26.7 Å². The van der Waals surface area contributed by atoms with Gasteiger partial charge in [-0.05, 0) is 38.3 Å². The van der Waals surface area contributed by atoms with Crippen LogP contribution in [0.2, 0.25) is 0 Å². The van der Waals surface area contributed by atoms with E-state index in [9.17, 15) is 9.90 Å². The predicted molar refractivity (Wildman–Crippen MR) is 88.0 cm³/mol. The maximum atomic E-state index is 12.2. The summed E-state index contributed by atoms with van der Waals surface area (Å²) in [6, 6.07) is 7.63. The number of nitrogens with one attached hydrogen (secondary N) is 1. The van der Waals surface area contributed by atoms with Crippen molar-refractivity contribution >= 4 is 5.91 Å². The molecular weight excluding hydrogens is 292 g/mol. The molecule has 0 aliphatic heterocycles. The maximum Gasteiger partial charge on any atom is 0.223 e. The van der Waals surface area contributed by atoms with Gasteiger partial charge in [-0.15, -0.1) is 0 Å². The van der Waals surface area contributed by atoms with Crippen molar-refractivity contribution in [2.45, 2.75) is 40.2 Å². The topological polar surface area (TPSA) is 75.4 Å². The van der Waals surface area contributed by atoms with Gasteiger partial charge in [-0.2, -0.15) is 0 Å². The summed E-state index contributed by atoms with van der Waals surface area (Å²) in [6.07, 6.45) is -0.126. The van der Waals surface area contributed by atoms with Crippen LogP contribution in [-0.2, 0) is 11.2 Å². The Bertz CT molecular complexity index is 659. The quantitative estimate of drug-likeness (QED) is 0.859. The van der Waals surface area contributed by atoms with E-state index in [2.05, 4.69) is 10.5 Å². The molecule has 0 radical (unpaired) electrons.